The SMILES string of the molecule is C[C@@H]1O[C@H](O[C@@H]2[C@@H](O)[C@H](O)[C@@H](O[C@@H]3[C@@H](O)[C@H](O)[C@@H](OC(=O)[C@]45CCC(C)(C)C[C@H]4C4=CC[C@H]6[C@]7(C)CC[C@H](O[C@H]8OC[C@H](O)[C@@H](O)[C@@H]8O)[C@@](C)(CO)[C@H]7CC[C@]6(C)[C@@]4(C)CC5)O[C@H]3CO)O[C@H]2CO)[C@@H](O)[C@H](O)[C@H]1O. The zero-order valence-corrected chi connectivity index (χ0v) is 44.2. The minimum Gasteiger partial charge on any atom is -0.432 e. The van der Waals surface area contributed by atoms with Crippen LogP contribution in [0.2, 0.25) is 0 Å². The Bertz CT molecular complexity index is 2060. The van der Waals surface area contributed by atoms with Gasteiger partial charge in [-0.05, 0) is 111 Å². The molecule has 430 valence electrons. The molecular weight excluding hydrogens is 989 g/mol. The highest BCUT2D eigenvalue weighted by Crippen LogP contribution is 2.76. The molecule has 22 heteroatoms. The number of rotatable bonds is 11. The molecule has 0 spiro atoms. The third-order valence-corrected chi connectivity index (χ3v) is 21.1. The van der Waals surface area contributed by atoms with Crippen molar-refractivity contribution in [2.75, 3.05) is 26.4 Å². The predicted molar refractivity (Wildman–Crippen MR) is 257 cm³/mol. The summed E-state index contributed by atoms with van der Waals surface area (Å²) < 4.78 is 47.1. The van der Waals surface area contributed by atoms with E-state index >= 15 is 4.79 Å². The molecule has 8 fully saturated rings. The van der Waals surface area contributed by atoms with Gasteiger partial charge in [0.2, 0.25) is 6.29 Å². The van der Waals surface area contributed by atoms with Crippen molar-refractivity contribution in [1.29, 1.82) is 0 Å². The summed E-state index contributed by atoms with van der Waals surface area (Å²) in [5.74, 6) is -0.615. The maximum absolute atomic E-state index is 15.1. The molecule has 4 saturated carbocycles. The van der Waals surface area contributed by atoms with Crippen LogP contribution in [-0.2, 0) is 42.7 Å². The van der Waals surface area contributed by atoms with Gasteiger partial charge < -0.3 is 104 Å². The van der Waals surface area contributed by atoms with E-state index in [1.54, 1.807) is 0 Å². The van der Waals surface area contributed by atoms with Gasteiger partial charge in [-0.25, -0.2) is 0 Å². The summed E-state index contributed by atoms with van der Waals surface area (Å²) in [6.07, 6.45) is -21.6. The third-order valence-electron chi connectivity index (χ3n) is 21.1. The lowest BCUT2D eigenvalue weighted by Crippen LogP contribution is -2.67. The van der Waals surface area contributed by atoms with Crippen LogP contribution in [-0.4, -0.2) is 222 Å². The van der Waals surface area contributed by atoms with E-state index in [2.05, 4.69) is 40.7 Å². The number of allylic oxidation sites excluding steroid dienone is 2. The number of hydrogen-bond donors (Lipinski definition) is 13. The second-order valence-corrected chi connectivity index (χ2v) is 25.7. The molecule has 0 radical (unpaired) electrons. The molecule has 0 aromatic rings. The standard InChI is InChI=1S/C53H86O22/c1-23-32(58)34(60)38(64)44(69-23)73-41-27(19-54)70-45(39(65)35(41)61)74-42-28(20-55)71-46(40(66)36(42)62)75-47(67)53-16-14-48(2,3)18-25(53)24-8-9-30-49(4)12-11-31(72-43-37(63)33(59)26(57)21-68-43)50(5,22-56)29(49)10-13-52(30,7)51(24,6)15-17-53/h8,23,25-46,54-66H,9-22H2,1-7H3/t23-,25-,26-,27-,28-,29-,30-,31-,32-,33+,34+,35-,36-,37-,38-,39-,40-,41-,42-,43+,44+,45+,46+,49+,50-,51-,52-,53-/m0/s1. The molecule has 22 nitrogen and oxygen atoms in total. The molecule has 4 saturated heterocycles. The number of carbonyl (C=O) groups excluding carboxylic acids is 1. The fraction of sp³-hybridized carbons (Fsp3) is 0.943. The van der Waals surface area contributed by atoms with E-state index in [4.69, 9.17) is 37.9 Å². The molecule has 4 aliphatic heterocycles. The first-order valence-electron chi connectivity index (χ1n) is 27.3. The highest BCUT2D eigenvalue weighted by atomic mass is 16.8. The van der Waals surface area contributed by atoms with E-state index in [0.717, 1.165) is 25.7 Å². The van der Waals surface area contributed by atoms with Crippen LogP contribution in [0.1, 0.15) is 113 Å². The van der Waals surface area contributed by atoms with Crippen molar-refractivity contribution in [1.82, 2.24) is 0 Å². The maximum atomic E-state index is 15.1. The lowest BCUT2D eigenvalue weighted by molar-refractivity contribution is -0.377. The van der Waals surface area contributed by atoms with E-state index in [9.17, 15) is 66.4 Å². The summed E-state index contributed by atoms with van der Waals surface area (Å²) in [5.41, 5.74) is -1.46. The Labute approximate surface area is 437 Å². The van der Waals surface area contributed by atoms with Gasteiger partial charge in [0.05, 0.1) is 44.1 Å². The van der Waals surface area contributed by atoms with Gasteiger partial charge in [-0.2, -0.15) is 0 Å². The molecular formula is C53H86O22. The average molecular weight is 1080 g/mol. The molecule has 28 atom stereocenters. The molecule has 0 aromatic carbocycles. The Balaban J connectivity index is 0.903. The fourth-order valence-electron chi connectivity index (χ4n) is 16.2. The van der Waals surface area contributed by atoms with Crippen molar-refractivity contribution in [2.24, 2.45) is 50.2 Å². The highest BCUT2D eigenvalue weighted by Gasteiger charge is 2.71. The number of hydrogen-bond acceptors (Lipinski definition) is 22. The summed E-state index contributed by atoms with van der Waals surface area (Å²) in [7, 11) is 0. The first kappa shape index (κ1) is 58.1. The molecule has 4 heterocycles. The van der Waals surface area contributed by atoms with Crippen molar-refractivity contribution < 1.29 is 109 Å². The number of fused-ring (bicyclic) bond motifs is 7. The van der Waals surface area contributed by atoms with Crippen LogP contribution in [0, 0.1) is 50.2 Å². The van der Waals surface area contributed by atoms with Gasteiger partial charge in [0.25, 0.3) is 0 Å². The quantitative estimate of drug-likeness (QED) is 0.0643. The topological polar surface area (TPSA) is 354 Å². The Morgan fingerprint density at radius 1 is 0.613 bits per heavy atom. The van der Waals surface area contributed by atoms with Crippen LogP contribution in [0.15, 0.2) is 11.6 Å². The summed E-state index contributed by atoms with van der Waals surface area (Å²) in [6.45, 7) is 13.0. The Kier molecular flexibility index (Phi) is 16.3. The minimum atomic E-state index is -1.96. The Morgan fingerprint density at radius 2 is 1.19 bits per heavy atom. The van der Waals surface area contributed by atoms with E-state index in [0.29, 0.717) is 38.5 Å². The minimum absolute atomic E-state index is 0.0319. The summed E-state index contributed by atoms with van der Waals surface area (Å²) >= 11 is 0. The summed E-state index contributed by atoms with van der Waals surface area (Å²) in [4.78, 5) is 15.1. The number of aliphatic hydroxyl groups excluding tert-OH is 13. The number of esters is 1. The second-order valence-electron chi connectivity index (χ2n) is 25.7. The molecule has 0 amide bonds. The largest absolute Gasteiger partial charge is 0.432 e. The molecule has 5 aliphatic carbocycles. The first-order valence-corrected chi connectivity index (χ1v) is 27.3. The van der Waals surface area contributed by atoms with Crippen molar-refractivity contribution in [3.05, 3.63) is 11.6 Å². The number of aliphatic hydroxyl groups is 13. The van der Waals surface area contributed by atoms with Gasteiger partial charge in [-0.15, -0.1) is 0 Å². The molecule has 0 aromatic heterocycles. The van der Waals surface area contributed by atoms with Crippen molar-refractivity contribution in [2.45, 2.75) is 235 Å². The van der Waals surface area contributed by atoms with Crippen LogP contribution >= 0.6 is 0 Å². The Morgan fingerprint density at radius 3 is 1.81 bits per heavy atom. The van der Waals surface area contributed by atoms with Crippen LogP contribution < -0.4 is 0 Å². The molecule has 0 bridgehead atoms. The van der Waals surface area contributed by atoms with Crippen LogP contribution in [0.4, 0.5) is 0 Å². The lowest BCUT2D eigenvalue weighted by Gasteiger charge is -2.71. The monoisotopic (exact) mass is 1070 g/mol. The first-order chi connectivity index (χ1) is 35.2. The van der Waals surface area contributed by atoms with E-state index in [-0.39, 0.29) is 52.6 Å². The summed E-state index contributed by atoms with van der Waals surface area (Å²) in [5, 5.41) is 140. The molecule has 9 rings (SSSR count). The van der Waals surface area contributed by atoms with Gasteiger partial charge in [0.1, 0.15) is 85.5 Å². The van der Waals surface area contributed by atoms with Crippen LogP contribution in [0.25, 0.3) is 0 Å². The fourth-order valence-corrected chi connectivity index (χ4v) is 16.2. The van der Waals surface area contributed by atoms with Gasteiger partial charge >= 0.3 is 5.97 Å². The third kappa shape index (κ3) is 9.40. The number of carbonyl (C=O) groups is 1. The zero-order valence-electron chi connectivity index (χ0n) is 44.2. The van der Waals surface area contributed by atoms with Crippen molar-refractivity contribution >= 4 is 5.97 Å². The predicted octanol–water partition coefficient (Wildman–Crippen LogP) is -1.40. The smallest absolute Gasteiger partial charge is 0.315 e. The molecule has 9 aliphatic rings. The van der Waals surface area contributed by atoms with Gasteiger partial charge in [-0.1, -0.05) is 53.2 Å². The Hall–Kier alpha value is -1.59. The molecule has 13 N–H and O–H groups in total. The van der Waals surface area contributed by atoms with Gasteiger partial charge in [0.15, 0.2) is 18.9 Å². The van der Waals surface area contributed by atoms with Crippen LogP contribution in [0.3, 0.4) is 0 Å². The van der Waals surface area contributed by atoms with Crippen LogP contribution in [0.5, 0.6) is 0 Å². The van der Waals surface area contributed by atoms with Crippen molar-refractivity contribution in [3.8, 4) is 0 Å². The number of ether oxygens (including phenoxy) is 8. The van der Waals surface area contributed by atoms with E-state index < -0.39 is 153 Å². The lowest BCUT2D eigenvalue weighted by atomic mass is 9.33. The van der Waals surface area contributed by atoms with Gasteiger partial charge in [-0.3, -0.25) is 4.79 Å². The van der Waals surface area contributed by atoms with Crippen molar-refractivity contribution in [3.63, 3.8) is 0 Å². The molecule has 0 unspecified atom stereocenters. The molecule has 75 heavy (non-hydrogen) atoms. The van der Waals surface area contributed by atoms with E-state index in [1.807, 2.05) is 6.92 Å². The highest BCUT2D eigenvalue weighted by molar-refractivity contribution is 5.79. The zero-order chi connectivity index (χ0) is 54.7. The average Bonchev–Trinajstić information content (AvgIpc) is 3.45. The summed E-state index contributed by atoms with van der Waals surface area (Å²) in [6, 6.07) is 0. The second kappa shape index (κ2) is 21.1. The normalized spacial score (nSPS) is 54.8. The van der Waals surface area contributed by atoms with E-state index in [1.165, 1.54) is 12.5 Å². The van der Waals surface area contributed by atoms with Gasteiger partial charge in [0, 0.05) is 5.41 Å². The maximum Gasteiger partial charge on any atom is 0.315 e.